The Balaban J connectivity index is 2.15. The summed E-state index contributed by atoms with van der Waals surface area (Å²) in [6.07, 6.45) is 0. The maximum absolute atomic E-state index is 10.8. The Hall–Kier alpha value is -5.68. The molecule has 0 saturated carbocycles. The van der Waals surface area contributed by atoms with Crippen molar-refractivity contribution in [2.24, 2.45) is 10.8 Å². The Morgan fingerprint density at radius 3 is 0.816 bits per heavy atom. The Morgan fingerprint density at radius 2 is 0.579 bits per heavy atom. The second kappa shape index (κ2) is 9.76. The molecule has 0 unspecified atom stereocenters. The van der Waals surface area contributed by atoms with Crippen LogP contribution < -0.4 is 0 Å². The number of allylic oxidation sites excluding steroid dienone is 4. The molecular formula is C34H20N4. The van der Waals surface area contributed by atoms with Crippen LogP contribution in [0.15, 0.2) is 121 Å². The van der Waals surface area contributed by atoms with Crippen LogP contribution >= 0.6 is 0 Å². The van der Waals surface area contributed by atoms with E-state index in [1.54, 1.807) is 0 Å². The third-order valence-electron chi connectivity index (χ3n) is 6.98. The highest BCUT2D eigenvalue weighted by molar-refractivity contribution is 6.27. The molecule has 4 aromatic rings. The predicted octanol–water partition coefficient (Wildman–Crippen LogP) is 7.29. The largest absolute Gasteiger partial charge is 0.205 e. The van der Waals surface area contributed by atoms with Crippen molar-refractivity contribution >= 4 is 22.3 Å². The van der Waals surface area contributed by atoms with E-state index in [-0.39, 0.29) is 0 Å². The van der Waals surface area contributed by atoms with Crippen molar-refractivity contribution in [3.05, 3.63) is 144 Å². The van der Waals surface area contributed by atoms with Gasteiger partial charge in [0.15, 0.2) is 0 Å². The monoisotopic (exact) mass is 484 g/mol. The molecule has 0 amide bonds. The first-order valence-corrected chi connectivity index (χ1v) is 12.0. The van der Waals surface area contributed by atoms with Crippen LogP contribution in [0, 0.1) is 56.2 Å². The molecule has 0 heterocycles. The van der Waals surface area contributed by atoms with Gasteiger partial charge in [-0.25, -0.2) is 0 Å². The lowest BCUT2D eigenvalue weighted by atomic mass is 9.51. The maximum Gasteiger partial charge on any atom is 0.205 e. The fourth-order valence-electron chi connectivity index (χ4n) is 5.33. The van der Waals surface area contributed by atoms with Gasteiger partial charge in [-0.1, -0.05) is 121 Å². The minimum atomic E-state index is -2.13. The fraction of sp³-hybridized carbons (Fsp3) is 0.0588. The average Bonchev–Trinajstić information content (AvgIpc) is 3.01. The molecule has 176 valence electrons. The average molecular weight is 485 g/mol. The van der Waals surface area contributed by atoms with Crippen LogP contribution in [0.3, 0.4) is 0 Å². The van der Waals surface area contributed by atoms with Crippen molar-refractivity contribution in [1.29, 1.82) is 21.0 Å². The van der Waals surface area contributed by atoms with Gasteiger partial charge in [0.1, 0.15) is 0 Å². The van der Waals surface area contributed by atoms with E-state index in [0.29, 0.717) is 33.4 Å². The second-order valence-corrected chi connectivity index (χ2v) is 8.91. The standard InChI is InChI=1S/C34H20N4/c35-21-33(22-36)31(27-17-9-3-10-18-27)29(25-13-5-1-6-14-25)30(26-15-7-2-8-16-26)32(34(33,23-37)24-38)28-19-11-4-12-20-28/h1-20H. The molecular weight excluding hydrogens is 464 g/mol. The van der Waals surface area contributed by atoms with Gasteiger partial charge in [-0.15, -0.1) is 0 Å². The van der Waals surface area contributed by atoms with Crippen LogP contribution in [0.1, 0.15) is 22.3 Å². The molecule has 4 heteroatoms. The summed E-state index contributed by atoms with van der Waals surface area (Å²) in [4.78, 5) is 0. The molecule has 1 aliphatic rings. The predicted molar refractivity (Wildman–Crippen MR) is 147 cm³/mol. The third-order valence-corrected chi connectivity index (χ3v) is 6.98. The van der Waals surface area contributed by atoms with Gasteiger partial charge in [0.05, 0.1) is 24.3 Å². The van der Waals surface area contributed by atoms with Crippen molar-refractivity contribution < 1.29 is 0 Å². The Bertz CT molecular complexity index is 1560. The molecule has 1 aliphatic carbocycles. The van der Waals surface area contributed by atoms with Crippen LogP contribution in [-0.4, -0.2) is 0 Å². The smallest absolute Gasteiger partial charge is 0.196 e. The lowest BCUT2D eigenvalue weighted by Gasteiger charge is -2.43. The minimum Gasteiger partial charge on any atom is -0.196 e. The summed E-state index contributed by atoms with van der Waals surface area (Å²) in [5.74, 6) is 0. The van der Waals surface area contributed by atoms with Crippen LogP contribution in [-0.2, 0) is 0 Å². The van der Waals surface area contributed by atoms with Crippen molar-refractivity contribution in [1.82, 2.24) is 0 Å². The van der Waals surface area contributed by atoms with E-state index in [1.165, 1.54) is 0 Å². The molecule has 0 radical (unpaired) electrons. The molecule has 0 bridgehead atoms. The highest BCUT2D eigenvalue weighted by atomic mass is 14.6. The van der Waals surface area contributed by atoms with Gasteiger partial charge in [-0.05, 0) is 33.4 Å². The van der Waals surface area contributed by atoms with Gasteiger partial charge in [-0.2, -0.15) is 21.0 Å². The summed E-state index contributed by atoms with van der Waals surface area (Å²) < 4.78 is 0. The lowest BCUT2D eigenvalue weighted by Crippen LogP contribution is -2.43. The SMILES string of the molecule is N#CC1(C#N)C(c2ccccc2)=C(c2ccccc2)C(c2ccccc2)=C(c2ccccc2)C1(C#N)C#N. The molecule has 5 rings (SSSR count). The molecule has 0 N–H and O–H groups in total. The van der Waals surface area contributed by atoms with Crippen LogP contribution in [0.2, 0.25) is 0 Å². The number of rotatable bonds is 4. The first kappa shape index (κ1) is 24.0. The highest BCUT2D eigenvalue weighted by Crippen LogP contribution is 2.64. The van der Waals surface area contributed by atoms with Gasteiger partial charge >= 0.3 is 0 Å². The summed E-state index contributed by atoms with van der Waals surface area (Å²) in [5, 5.41) is 43.3. The van der Waals surface area contributed by atoms with Crippen LogP contribution in [0.4, 0.5) is 0 Å². The first-order chi connectivity index (χ1) is 18.7. The summed E-state index contributed by atoms with van der Waals surface area (Å²) in [6, 6.07) is 46.1. The molecule has 0 aromatic heterocycles. The molecule has 0 fully saturated rings. The van der Waals surface area contributed by atoms with Gasteiger partial charge in [0.2, 0.25) is 10.8 Å². The molecule has 0 aliphatic heterocycles. The molecule has 0 atom stereocenters. The Kier molecular flexibility index (Phi) is 6.17. The molecule has 38 heavy (non-hydrogen) atoms. The van der Waals surface area contributed by atoms with Crippen LogP contribution in [0.25, 0.3) is 22.3 Å². The number of nitrogens with zero attached hydrogens (tertiary/aromatic N) is 4. The van der Waals surface area contributed by atoms with Gasteiger partial charge in [-0.3, -0.25) is 0 Å². The summed E-state index contributed by atoms with van der Waals surface area (Å²) in [6.45, 7) is 0. The van der Waals surface area contributed by atoms with Gasteiger partial charge < -0.3 is 0 Å². The zero-order chi connectivity index (χ0) is 26.6. The van der Waals surface area contributed by atoms with E-state index < -0.39 is 10.8 Å². The minimum absolute atomic E-state index is 0.343. The van der Waals surface area contributed by atoms with Crippen molar-refractivity contribution in [2.75, 3.05) is 0 Å². The molecule has 0 spiro atoms. The highest BCUT2D eigenvalue weighted by Gasteiger charge is 2.63. The van der Waals surface area contributed by atoms with E-state index in [2.05, 4.69) is 24.3 Å². The number of hydrogen-bond acceptors (Lipinski definition) is 4. The van der Waals surface area contributed by atoms with E-state index in [1.807, 2.05) is 121 Å². The van der Waals surface area contributed by atoms with E-state index >= 15 is 0 Å². The molecule has 4 aromatic carbocycles. The van der Waals surface area contributed by atoms with Crippen LogP contribution in [0.5, 0.6) is 0 Å². The van der Waals surface area contributed by atoms with E-state index in [4.69, 9.17) is 0 Å². The third kappa shape index (κ3) is 3.42. The fourth-order valence-corrected chi connectivity index (χ4v) is 5.33. The first-order valence-electron chi connectivity index (χ1n) is 12.0. The Morgan fingerprint density at radius 1 is 0.342 bits per heavy atom. The maximum atomic E-state index is 10.8. The van der Waals surface area contributed by atoms with Crippen molar-refractivity contribution in [3.8, 4) is 24.3 Å². The normalized spacial score (nSPS) is 15.5. The quantitative estimate of drug-likeness (QED) is 0.304. The Labute approximate surface area is 221 Å². The molecule has 4 nitrogen and oxygen atoms in total. The van der Waals surface area contributed by atoms with Gasteiger partial charge in [0.25, 0.3) is 0 Å². The van der Waals surface area contributed by atoms with E-state index in [0.717, 1.165) is 11.1 Å². The zero-order valence-corrected chi connectivity index (χ0v) is 20.3. The molecule has 0 saturated heterocycles. The zero-order valence-electron chi connectivity index (χ0n) is 20.3. The van der Waals surface area contributed by atoms with E-state index in [9.17, 15) is 21.0 Å². The number of hydrogen-bond donors (Lipinski definition) is 0. The summed E-state index contributed by atoms with van der Waals surface area (Å²) in [5.41, 5.74) is 0.466. The second-order valence-electron chi connectivity index (χ2n) is 8.91. The number of nitriles is 4. The summed E-state index contributed by atoms with van der Waals surface area (Å²) >= 11 is 0. The topological polar surface area (TPSA) is 95.2 Å². The van der Waals surface area contributed by atoms with Gasteiger partial charge in [0, 0.05) is 11.1 Å². The number of benzene rings is 4. The summed E-state index contributed by atoms with van der Waals surface area (Å²) in [7, 11) is 0. The van der Waals surface area contributed by atoms with Crippen molar-refractivity contribution in [3.63, 3.8) is 0 Å². The van der Waals surface area contributed by atoms with Crippen molar-refractivity contribution in [2.45, 2.75) is 0 Å². The lowest BCUT2D eigenvalue weighted by molar-refractivity contribution is 0.486.